The number of unbranched alkanes of at least 4 members (excludes halogenated alkanes) is 4. The molecular formula is C29H45FN4O3. The first-order valence-electron chi connectivity index (χ1n) is 13.9. The van der Waals surface area contributed by atoms with Crippen LogP contribution in [0.15, 0.2) is 24.5 Å². The first-order valence-corrected chi connectivity index (χ1v) is 13.9. The molecule has 0 unspecified atom stereocenters. The summed E-state index contributed by atoms with van der Waals surface area (Å²) in [6.07, 6.45) is 12.4. The lowest BCUT2D eigenvalue weighted by Gasteiger charge is -2.39. The van der Waals surface area contributed by atoms with Gasteiger partial charge in [0.15, 0.2) is 0 Å². The summed E-state index contributed by atoms with van der Waals surface area (Å²) in [4.78, 5) is 28.3. The normalized spacial score (nSPS) is 12.9. The van der Waals surface area contributed by atoms with Crippen LogP contribution in [0.1, 0.15) is 106 Å². The summed E-state index contributed by atoms with van der Waals surface area (Å²) in [5, 5.41) is 11.1. The van der Waals surface area contributed by atoms with Crippen molar-refractivity contribution in [3.05, 3.63) is 47.3 Å². The fraction of sp³-hybridized carbons (Fsp3) is 0.621. The molecule has 37 heavy (non-hydrogen) atoms. The highest BCUT2D eigenvalue weighted by Gasteiger charge is 2.27. The van der Waals surface area contributed by atoms with E-state index >= 15 is 0 Å². The van der Waals surface area contributed by atoms with Crippen LogP contribution in [0.2, 0.25) is 0 Å². The van der Waals surface area contributed by atoms with E-state index in [4.69, 9.17) is 0 Å². The first-order chi connectivity index (χ1) is 17.7. The summed E-state index contributed by atoms with van der Waals surface area (Å²) in [6, 6.07) is 3.76. The van der Waals surface area contributed by atoms with Crippen LogP contribution in [0.5, 0.6) is 0 Å². The molecule has 0 aliphatic carbocycles. The molecule has 8 heteroatoms. The van der Waals surface area contributed by atoms with Crippen LogP contribution in [-0.2, 0) is 6.54 Å². The van der Waals surface area contributed by atoms with Crippen molar-refractivity contribution >= 4 is 11.9 Å². The van der Waals surface area contributed by atoms with Crippen LogP contribution in [0.25, 0.3) is 5.69 Å². The second kappa shape index (κ2) is 14.9. The molecule has 0 N–H and O–H groups in total. The number of imidazole rings is 1. The molecule has 0 saturated heterocycles. The van der Waals surface area contributed by atoms with Crippen molar-refractivity contribution in [3.8, 4) is 5.69 Å². The lowest BCUT2D eigenvalue weighted by molar-refractivity contribution is -0.929. The monoisotopic (exact) mass is 516 g/mol. The van der Waals surface area contributed by atoms with Gasteiger partial charge in [-0.3, -0.25) is 9.36 Å². The smallest absolute Gasteiger partial charge is 0.256 e. The molecule has 0 atom stereocenters. The van der Waals surface area contributed by atoms with Gasteiger partial charge in [-0.15, -0.1) is 0 Å². The molecule has 1 aliphatic rings. The summed E-state index contributed by atoms with van der Waals surface area (Å²) in [6.45, 7) is 15.1. The molecule has 206 valence electrons. The summed E-state index contributed by atoms with van der Waals surface area (Å²) < 4.78 is 16.2. The van der Waals surface area contributed by atoms with Crippen molar-refractivity contribution in [1.82, 2.24) is 14.5 Å². The molecule has 3 rings (SSSR count). The van der Waals surface area contributed by atoms with Crippen molar-refractivity contribution in [2.45, 2.75) is 85.6 Å². The quantitative estimate of drug-likeness (QED) is 0.353. The maximum absolute atomic E-state index is 13.3. The number of rotatable bonds is 13. The van der Waals surface area contributed by atoms with Gasteiger partial charge >= 0.3 is 0 Å². The van der Waals surface area contributed by atoms with Crippen LogP contribution >= 0.6 is 0 Å². The lowest BCUT2D eigenvalue weighted by atomic mass is 10.1. The van der Waals surface area contributed by atoms with Crippen molar-refractivity contribution in [2.24, 2.45) is 0 Å². The average Bonchev–Trinajstić information content (AvgIpc) is 3.27. The molecule has 1 amide bonds. The Morgan fingerprint density at radius 3 is 1.95 bits per heavy atom. The van der Waals surface area contributed by atoms with Crippen LogP contribution < -0.4 is 5.11 Å². The Labute approximate surface area is 221 Å². The van der Waals surface area contributed by atoms with E-state index < -0.39 is 11.8 Å². The Kier molecular flexibility index (Phi) is 12.2. The summed E-state index contributed by atoms with van der Waals surface area (Å²) in [7, 11) is 1.51. The second-order valence-corrected chi connectivity index (χ2v) is 10.2. The van der Waals surface area contributed by atoms with Crippen LogP contribution in [0, 0.1) is 5.82 Å². The van der Waals surface area contributed by atoms with E-state index in [1.165, 1.54) is 117 Å². The number of quaternary nitrogens is 1. The van der Waals surface area contributed by atoms with E-state index in [2.05, 4.69) is 32.7 Å². The summed E-state index contributed by atoms with van der Waals surface area (Å²) in [5.41, 5.74) is 0.664. The minimum Gasteiger partial charge on any atom is -0.543 e. The number of fused-ring (bicyclic) bond motifs is 3. The highest BCUT2D eigenvalue weighted by atomic mass is 19.1. The third-order valence-corrected chi connectivity index (χ3v) is 7.19. The lowest BCUT2D eigenvalue weighted by Crippen LogP contribution is -2.50. The summed E-state index contributed by atoms with van der Waals surface area (Å²) in [5.74, 6) is -2.33. The number of nitrogens with zero attached hydrogens (tertiary/aromatic N) is 4. The number of carboxylic acid groups (broad SMARTS) is 1. The maximum atomic E-state index is 13.3. The van der Waals surface area contributed by atoms with E-state index in [9.17, 15) is 19.1 Å². The number of carbonyl (C=O) groups is 2. The van der Waals surface area contributed by atoms with Gasteiger partial charge < -0.3 is 19.3 Å². The number of carboxylic acids is 1. The zero-order valence-electron chi connectivity index (χ0n) is 23.4. The third-order valence-electron chi connectivity index (χ3n) is 7.19. The molecule has 1 aromatic heterocycles. The van der Waals surface area contributed by atoms with E-state index in [0.717, 1.165) is 6.07 Å². The standard InChI is InChI=1S/C16H36N.C13H10FN3O3/c1-5-9-13-17(14-10-6-2,15-11-7-3)16-12-8-4;1-16-5-10-11(13(19)20)15-6-17(10)9-3-2-7(14)4-8(9)12(16)18/h5-16H2,1-4H3;2-4,6H,5H2,1H3,(H,19,20)/q+1;/p-1. The molecule has 0 fully saturated rings. The topological polar surface area (TPSA) is 78.3 Å². The predicted octanol–water partition coefficient (Wildman–Crippen LogP) is 4.96. The molecule has 1 aliphatic heterocycles. The number of carbonyl (C=O) groups excluding carboxylic acids is 2. The molecule has 7 nitrogen and oxygen atoms in total. The van der Waals surface area contributed by atoms with Crippen LogP contribution in [0.4, 0.5) is 4.39 Å². The predicted molar refractivity (Wildman–Crippen MR) is 143 cm³/mol. The number of benzene rings is 1. The summed E-state index contributed by atoms with van der Waals surface area (Å²) >= 11 is 0. The Morgan fingerprint density at radius 2 is 1.49 bits per heavy atom. The molecule has 0 bridgehead atoms. The molecule has 2 aromatic rings. The Hall–Kier alpha value is -2.74. The van der Waals surface area contributed by atoms with Gasteiger partial charge in [0.1, 0.15) is 17.8 Å². The Morgan fingerprint density at radius 1 is 0.973 bits per heavy atom. The average molecular weight is 517 g/mol. The van der Waals surface area contributed by atoms with Gasteiger partial charge in [-0.1, -0.05) is 53.4 Å². The van der Waals surface area contributed by atoms with Crippen LogP contribution in [0.3, 0.4) is 0 Å². The van der Waals surface area contributed by atoms with E-state index in [0.29, 0.717) is 11.4 Å². The third kappa shape index (κ3) is 8.12. The molecule has 1 aromatic carbocycles. The van der Waals surface area contributed by atoms with Crippen molar-refractivity contribution in [1.29, 1.82) is 0 Å². The highest BCUT2D eigenvalue weighted by molar-refractivity contribution is 5.98. The molecule has 2 heterocycles. The van der Waals surface area contributed by atoms with Gasteiger partial charge in [0.2, 0.25) is 0 Å². The number of halogens is 1. The van der Waals surface area contributed by atoms with Crippen molar-refractivity contribution in [3.63, 3.8) is 0 Å². The maximum Gasteiger partial charge on any atom is 0.256 e. The minimum atomic E-state index is -1.41. The van der Waals surface area contributed by atoms with E-state index in [-0.39, 0.29) is 23.7 Å². The second-order valence-electron chi connectivity index (χ2n) is 10.2. The zero-order chi connectivity index (χ0) is 27.4. The number of hydrogen-bond acceptors (Lipinski definition) is 4. The number of hydrogen-bond donors (Lipinski definition) is 0. The number of amides is 1. The van der Waals surface area contributed by atoms with Gasteiger partial charge in [0.25, 0.3) is 5.91 Å². The van der Waals surface area contributed by atoms with Gasteiger partial charge in [0.05, 0.1) is 55.6 Å². The van der Waals surface area contributed by atoms with E-state index in [1.807, 2.05) is 0 Å². The van der Waals surface area contributed by atoms with Crippen molar-refractivity contribution in [2.75, 3.05) is 33.2 Å². The van der Waals surface area contributed by atoms with Crippen molar-refractivity contribution < 1.29 is 23.6 Å². The first kappa shape index (κ1) is 30.5. The van der Waals surface area contributed by atoms with Gasteiger partial charge in [-0.05, 0) is 43.9 Å². The van der Waals surface area contributed by atoms with E-state index in [1.54, 1.807) is 0 Å². The number of aromatic nitrogens is 2. The highest BCUT2D eigenvalue weighted by Crippen LogP contribution is 2.26. The Balaban J connectivity index is 0.000000265. The molecule has 0 spiro atoms. The zero-order valence-corrected chi connectivity index (χ0v) is 23.4. The Bertz CT molecular complexity index is 983. The molecule has 0 saturated carbocycles. The SMILES string of the molecule is CCCC[N+](CCCC)(CCCC)CCCC.CN1Cc2c(C(=O)[O-])ncn2-c2ccc(F)cc2C1=O. The van der Waals surface area contributed by atoms with Gasteiger partial charge in [0, 0.05) is 7.05 Å². The number of aromatic carboxylic acids is 1. The molecule has 0 radical (unpaired) electrons. The fourth-order valence-corrected chi connectivity index (χ4v) is 4.94. The van der Waals surface area contributed by atoms with Crippen LogP contribution in [-0.4, -0.2) is 64.0 Å². The largest absolute Gasteiger partial charge is 0.543 e. The van der Waals surface area contributed by atoms with Gasteiger partial charge in [-0.2, -0.15) is 0 Å². The minimum absolute atomic E-state index is 0.0540. The molecular weight excluding hydrogens is 471 g/mol. The van der Waals surface area contributed by atoms with Gasteiger partial charge in [-0.25, -0.2) is 9.37 Å². The fourth-order valence-electron chi connectivity index (χ4n) is 4.94.